The summed E-state index contributed by atoms with van der Waals surface area (Å²) in [6.07, 6.45) is 0. The summed E-state index contributed by atoms with van der Waals surface area (Å²) in [5, 5.41) is 8.13. The first kappa shape index (κ1) is 16.2. The highest BCUT2D eigenvalue weighted by atomic mass is 32.2. The van der Waals surface area contributed by atoms with Gasteiger partial charge in [-0.2, -0.15) is 4.98 Å². The van der Waals surface area contributed by atoms with E-state index < -0.39 is 21.1 Å². The zero-order valence-corrected chi connectivity index (χ0v) is 13.0. The number of furan rings is 1. The third kappa shape index (κ3) is 3.71. The van der Waals surface area contributed by atoms with Crippen LogP contribution in [0.5, 0.6) is 0 Å². The van der Waals surface area contributed by atoms with E-state index in [1.165, 1.54) is 0 Å². The third-order valence-corrected chi connectivity index (χ3v) is 3.31. The van der Waals surface area contributed by atoms with Gasteiger partial charge < -0.3 is 13.7 Å². The number of sulfonamides is 1. The van der Waals surface area contributed by atoms with Gasteiger partial charge in [-0.1, -0.05) is 25.9 Å². The highest BCUT2D eigenvalue weighted by Gasteiger charge is 2.22. The number of aromatic nitrogens is 2. The minimum absolute atomic E-state index is 0.122. The van der Waals surface area contributed by atoms with Gasteiger partial charge >= 0.3 is 5.97 Å². The van der Waals surface area contributed by atoms with E-state index in [0.717, 1.165) is 12.1 Å². The Bertz CT molecular complexity index is 784. The molecule has 0 aliphatic heterocycles. The Labute approximate surface area is 126 Å². The molecule has 0 radical (unpaired) electrons. The minimum Gasteiger partial charge on any atom is -0.450 e. The molecule has 120 valence electrons. The minimum atomic E-state index is -4.01. The number of carbonyl (C=O) groups excluding carboxylic acids is 1. The number of hydrogen-bond acceptors (Lipinski definition) is 8. The zero-order chi connectivity index (χ0) is 16.5. The molecule has 0 bridgehead atoms. The van der Waals surface area contributed by atoms with Crippen molar-refractivity contribution in [3.05, 3.63) is 29.6 Å². The first-order chi connectivity index (χ1) is 10.1. The number of ether oxygens (including phenoxy) is 1. The van der Waals surface area contributed by atoms with Gasteiger partial charge in [-0.3, -0.25) is 0 Å². The second-order valence-corrected chi connectivity index (χ2v) is 6.99. The van der Waals surface area contributed by atoms with Crippen molar-refractivity contribution < 1.29 is 26.9 Å². The summed E-state index contributed by atoms with van der Waals surface area (Å²) in [6.45, 7) is 5.47. The van der Waals surface area contributed by atoms with Gasteiger partial charge in [0.1, 0.15) is 0 Å². The first-order valence-corrected chi connectivity index (χ1v) is 7.75. The Hall–Kier alpha value is -2.20. The smallest absolute Gasteiger partial charge is 0.374 e. The van der Waals surface area contributed by atoms with Crippen molar-refractivity contribution in [3.63, 3.8) is 0 Å². The average molecular weight is 329 g/mol. The molecule has 0 saturated carbocycles. The SMILES string of the molecule is CC(C)(C)c1noc(COC(=O)c2ccc(S(N)(=O)=O)o2)n1. The molecule has 0 aliphatic rings. The molecule has 0 unspecified atom stereocenters. The summed E-state index contributed by atoms with van der Waals surface area (Å²) in [4.78, 5) is 15.8. The van der Waals surface area contributed by atoms with Gasteiger partial charge in [0, 0.05) is 5.41 Å². The lowest BCUT2D eigenvalue weighted by Gasteiger charge is -2.10. The lowest BCUT2D eigenvalue weighted by molar-refractivity contribution is 0.0388. The standard InChI is InChI=1S/C12H15N3O6S/c1-12(2,3)11-14-8(21-15-11)6-19-10(16)7-4-5-9(20-7)22(13,17)18/h4-5H,6H2,1-3H3,(H2,13,17,18). The Morgan fingerprint density at radius 3 is 2.55 bits per heavy atom. The topological polar surface area (TPSA) is 139 Å². The van der Waals surface area contributed by atoms with Crippen molar-refractivity contribution in [2.45, 2.75) is 37.9 Å². The molecule has 9 nitrogen and oxygen atoms in total. The number of nitrogens with zero attached hydrogens (tertiary/aromatic N) is 2. The van der Waals surface area contributed by atoms with Crippen LogP contribution >= 0.6 is 0 Å². The fraction of sp³-hybridized carbons (Fsp3) is 0.417. The fourth-order valence-corrected chi connectivity index (χ4v) is 1.86. The Morgan fingerprint density at radius 1 is 1.36 bits per heavy atom. The van der Waals surface area contributed by atoms with E-state index in [4.69, 9.17) is 18.8 Å². The largest absolute Gasteiger partial charge is 0.450 e. The molecule has 0 aliphatic carbocycles. The second-order valence-electron chi connectivity index (χ2n) is 5.50. The number of nitrogens with two attached hydrogens (primary N) is 1. The summed E-state index contributed by atoms with van der Waals surface area (Å²) in [5.74, 6) is -0.561. The van der Waals surface area contributed by atoms with Crippen molar-refractivity contribution >= 4 is 16.0 Å². The quantitative estimate of drug-likeness (QED) is 0.818. The van der Waals surface area contributed by atoms with E-state index in [-0.39, 0.29) is 23.7 Å². The highest BCUT2D eigenvalue weighted by molar-refractivity contribution is 7.89. The van der Waals surface area contributed by atoms with Crippen molar-refractivity contribution in [3.8, 4) is 0 Å². The molecule has 2 rings (SSSR count). The normalized spacial score (nSPS) is 12.4. The maximum atomic E-state index is 11.7. The fourth-order valence-electron chi connectivity index (χ4n) is 1.40. The summed E-state index contributed by atoms with van der Waals surface area (Å²) in [6, 6.07) is 2.22. The molecule has 2 N–H and O–H groups in total. The van der Waals surface area contributed by atoms with Crippen LogP contribution in [0.3, 0.4) is 0 Å². The molecule has 10 heteroatoms. The first-order valence-electron chi connectivity index (χ1n) is 6.20. The average Bonchev–Trinajstić information content (AvgIpc) is 3.03. The number of rotatable bonds is 4. The number of hydrogen-bond donors (Lipinski definition) is 1. The van der Waals surface area contributed by atoms with Gasteiger partial charge in [0.25, 0.3) is 15.9 Å². The monoisotopic (exact) mass is 329 g/mol. The maximum absolute atomic E-state index is 11.7. The number of esters is 1. The van der Waals surface area contributed by atoms with Crippen LogP contribution in [0.1, 0.15) is 43.0 Å². The van der Waals surface area contributed by atoms with Crippen molar-refractivity contribution in [2.75, 3.05) is 0 Å². The van der Waals surface area contributed by atoms with E-state index in [1.54, 1.807) is 0 Å². The Balaban J connectivity index is 2.01. The van der Waals surface area contributed by atoms with Crippen molar-refractivity contribution in [1.29, 1.82) is 0 Å². The van der Waals surface area contributed by atoms with Gasteiger partial charge in [0.05, 0.1) is 0 Å². The highest BCUT2D eigenvalue weighted by Crippen LogP contribution is 2.19. The van der Waals surface area contributed by atoms with Crippen LogP contribution in [0.4, 0.5) is 0 Å². The van der Waals surface area contributed by atoms with Crippen LogP contribution in [-0.2, 0) is 26.8 Å². The van der Waals surface area contributed by atoms with Crippen LogP contribution in [0.25, 0.3) is 0 Å². The van der Waals surface area contributed by atoms with Gasteiger partial charge in [-0.05, 0) is 12.1 Å². The van der Waals surface area contributed by atoms with Crippen LogP contribution in [0.15, 0.2) is 26.2 Å². The van der Waals surface area contributed by atoms with Crippen molar-refractivity contribution in [1.82, 2.24) is 10.1 Å². The molecule has 2 heterocycles. The van der Waals surface area contributed by atoms with E-state index in [1.807, 2.05) is 20.8 Å². The predicted molar refractivity (Wildman–Crippen MR) is 72.2 cm³/mol. The molecule has 0 amide bonds. The molecular formula is C12H15N3O6S. The van der Waals surface area contributed by atoms with E-state index in [9.17, 15) is 13.2 Å². The molecule has 0 atom stereocenters. The molecule has 22 heavy (non-hydrogen) atoms. The Morgan fingerprint density at radius 2 is 2.05 bits per heavy atom. The van der Waals surface area contributed by atoms with Crippen LogP contribution in [-0.4, -0.2) is 24.5 Å². The lowest BCUT2D eigenvalue weighted by atomic mass is 9.96. The molecule has 2 aromatic rings. The molecule has 0 spiro atoms. The molecule has 0 saturated heterocycles. The number of carbonyl (C=O) groups is 1. The summed E-state index contributed by atoms with van der Waals surface area (Å²) in [7, 11) is -4.01. The predicted octanol–water partition coefficient (Wildman–Crippen LogP) is 0.965. The van der Waals surface area contributed by atoms with Gasteiger partial charge in [-0.15, -0.1) is 0 Å². The molecule has 0 aromatic carbocycles. The summed E-state index contributed by atoms with van der Waals surface area (Å²) < 4.78 is 36.7. The van der Waals surface area contributed by atoms with E-state index in [0.29, 0.717) is 5.82 Å². The molecule has 2 aromatic heterocycles. The Kier molecular flexibility index (Phi) is 4.07. The van der Waals surface area contributed by atoms with Crippen LogP contribution in [0, 0.1) is 0 Å². The van der Waals surface area contributed by atoms with Crippen LogP contribution in [0.2, 0.25) is 0 Å². The third-order valence-electron chi connectivity index (χ3n) is 2.53. The van der Waals surface area contributed by atoms with E-state index >= 15 is 0 Å². The van der Waals surface area contributed by atoms with Gasteiger partial charge in [-0.25, -0.2) is 18.4 Å². The lowest BCUT2D eigenvalue weighted by Crippen LogP contribution is -2.13. The maximum Gasteiger partial charge on any atom is 0.374 e. The van der Waals surface area contributed by atoms with E-state index in [2.05, 4.69) is 10.1 Å². The molecule has 0 fully saturated rings. The van der Waals surface area contributed by atoms with Gasteiger partial charge in [0.2, 0.25) is 10.9 Å². The molecular weight excluding hydrogens is 314 g/mol. The second kappa shape index (κ2) is 5.54. The summed E-state index contributed by atoms with van der Waals surface area (Å²) in [5.41, 5.74) is -0.294. The number of primary sulfonamides is 1. The van der Waals surface area contributed by atoms with Crippen molar-refractivity contribution in [2.24, 2.45) is 5.14 Å². The van der Waals surface area contributed by atoms with Crippen LogP contribution < -0.4 is 5.14 Å². The van der Waals surface area contributed by atoms with Gasteiger partial charge in [0.15, 0.2) is 12.4 Å². The zero-order valence-electron chi connectivity index (χ0n) is 12.2. The summed E-state index contributed by atoms with van der Waals surface area (Å²) >= 11 is 0.